The molecule has 1 heterocycles. The molecule has 160 valence electrons. The number of hydrogen-bond donors (Lipinski definition) is 2. The number of hydrogen-bond acceptors (Lipinski definition) is 5. The van der Waals surface area contributed by atoms with Crippen LogP contribution < -0.4 is 9.46 Å². The highest BCUT2D eigenvalue weighted by molar-refractivity contribution is 8.00. The highest BCUT2D eigenvalue weighted by Gasteiger charge is 2.15. The van der Waals surface area contributed by atoms with E-state index < -0.39 is 5.97 Å². The van der Waals surface area contributed by atoms with Crippen molar-refractivity contribution in [2.24, 2.45) is 0 Å². The van der Waals surface area contributed by atoms with Crippen LogP contribution in [-0.2, 0) is 0 Å². The molecule has 1 aromatic heterocycles. The molecule has 0 saturated heterocycles. The normalized spacial score (nSPS) is 14.2. The van der Waals surface area contributed by atoms with Crippen molar-refractivity contribution in [3.63, 3.8) is 0 Å². The van der Waals surface area contributed by atoms with Crippen LogP contribution in [0.1, 0.15) is 53.9 Å². The lowest BCUT2D eigenvalue weighted by molar-refractivity contribution is 0.0696. The van der Waals surface area contributed by atoms with E-state index in [1.54, 1.807) is 12.1 Å². The highest BCUT2D eigenvalue weighted by atomic mass is 32.2. The third-order valence-electron chi connectivity index (χ3n) is 5.77. The Morgan fingerprint density at radius 1 is 1.03 bits per heavy atom. The molecule has 2 N–H and O–H groups in total. The van der Waals surface area contributed by atoms with Gasteiger partial charge in [-0.05, 0) is 54.2 Å². The summed E-state index contributed by atoms with van der Waals surface area (Å²) in [6.07, 6.45) is 8.57. The average molecular weight is 435 g/mol. The van der Waals surface area contributed by atoms with Crippen LogP contribution in [0.4, 0.5) is 5.69 Å². The smallest absolute Gasteiger partial charge is 0.335 e. The number of methoxy groups -OCH3 is 1. The molecule has 0 bridgehead atoms. The fourth-order valence-electron chi connectivity index (χ4n) is 4.01. The maximum atomic E-state index is 11.1. The number of benzene rings is 2. The molecule has 1 aliphatic carbocycles. The molecule has 1 aliphatic rings. The van der Waals surface area contributed by atoms with Gasteiger partial charge in [-0.1, -0.05) is 49.6 Å². The molecule has 0 aliphatic heterocycles. The molecule has 0 radical (unpaired) electrons. The summed E-state index contributed by atoms with van der Waals surface area (Å²) in [6, 6.07) is 17.7. The Bertz CT molecular complexity index is 1030. The molecule has 5 nitrogen and oxygen atoms in total. The van der Waals surface area contributed by atoms with Crippen molar-refractivity contribution in [2.75, 3.05) is 11.8 Å². The van der Waals surface area contributed by atoms with Gasteiger partial charge in [0.05, 0.1) is 18.4 Å². The Balaban J connectivity index is 1.40. The summed E-state index contributed by atoms with van der Waals surface area (Å²) in [4.78, 5) is 15.7. The second-order valence-corrected chi connectivity index (χ2v) is 8.59. The van der Waals surface area contributed by atoms with Crippen molar-refractivity contribution in [3.05, 3.63) is 71.9 Å². The number of carbonyl (C=O) groups is 1. The van der Waals surface area contributed by atoms with Crippen molar-refractivity contribution in [2.45, 2.75) is 43.0 Å². The van der Waals surface area contributed by atoms with Gasteiger partial charge in [-0.25, -0.2) is 9.78 Å². The van der Waals surface area contributed by atoms with E-state index in [0.29, 0.717) is 17.4 Å². The van der Waals surface area contributed by atoms with E-state index in [4.69, 9.17) is 9.84 Å². The van der Waals surface area contributed by atoms with Gasteiger partial charge in [0.1, 0.15) is 10.8 Å². The zero-order chi connectivity index (χ0) is 21.6. The van der Waals surface area contributed by atoms with Crippen molar-refractivity contribution in [3.8, 4) is 16.9 Å². The number of aromatic carboxylic acids is 1. The summed E-state index contributed by atoms with van der Waals surface area (Å²) in [7, 11) is 1.52. The zero-order valence-corrected chi connectivity index (χ0v) is 18.3. The van der Waals surface area contributed by atoms with E-state index in [-0.39, 0.29) is 5.56 Å². The topological polar surface area (TPSA) is 71.5 Å². The van der Waals surface area contributed by atoms with Gasteiger partial charge in [-0.15, -0.1) is 0 Å². The summed E-state index contributed by atoms with van der Waals surface area (Å²) in [5, 5.41) is 9.93. The second-order valence-electron chi connectivity index (χ2n) is 7.77. The number of pyridine rings is 1. The van der Waals surface area contributed by atoms with Crippen molar-refractivity contribution in [1.82, 2.24) is 4.98 Å². The first-order valence-corrected chi connectivity index (χ1v) is 11.4. The summed E-state index contributed by atoms with van der Waals surface area (Å²) >= 11 is 1.35. The number of ether oxygens (including phenoxy) is 1. The van der Waals surface area contributed by atoms with E-state index >= 15 is 0 Å². The minimum absolute atomic E-state index is 0.185. The Morgan fingerprint density at radius 3 is 2.42 bits per heavy atom. The predicted octanol–water partition coefficient (Wildman–Crippen LogP) is 6.62. The maximum absolute atomic E-state index is 11.1. The van der Waals surface area contributed by atoms with Gasteiger partial charge in [0, 0.05) is 23.7 Å². The number of nitrogens with one attached hydrogen (secondary N) is 1. The second kappa shape index (κ2) is 9.88. The highest BCUT2D eigenvalue weighted by Crippen LogP contribution is 2.34. The first-order valence-electron chi connectivity index (χ1n) is 10.5. The van der Waals surface area contributed by atoms with Crippen LogP contribution in [0, 0.1) is 0 Å². The Morgan fingerprint density at radius 2 is 1.77 bits per heavy atom. The number of carboxylic acids is 1. The molecule has 2 aromatic carbocycles. The van der Waals surface area contributed by atoms with Crippen LogP contribution in [0.2, 0.25) is 0 Å². The molecule has 0 amide bonds. The van der Waals surface area contributed by atoms with E-state index in [1.165, 1.54) is 68.4 Å². The largest absolute Gasteiger partial charge is 0.495 e. The summed E-state index contributed by atoms with van der Waals surface area (Å²) in [5.74, 6) is 0.205. The third kappa shape index (κ3) is 5.20. The van der Waals surface area contributed by atoms with Crippen LogP contribution >= 0.6 is 11.9 Å². The van der Waals surface area contributed by atoms with Crippen molar-refractivity contribution >= 4 is 23.6 Å². The molecule has 0 atom stereocenters. The van der Waals surface area contributed by atoms with Crippen LogP contribution in [0.5, 0.6) is 5.75 Å². The maximum Gasteiger partial charge on any atom is 0.335 e. The number of anilines is 1. The first kappa shape index (κ1) is 21.2. The SMILES string of the molecule is COc1cc(C(=O)O)ccc1NSc1ccc(-c2ccc(C3CCCCC3)cc2)cn1. The van der Waals surface area contributed by atoms with E-state index in [0.717, 1.165) is 10.6 Å². The lowest BCUT2D eigenvalue weighted by atomic mass is 9.84. The molecule has 0 spiro atoms. The standard InChI is InChI=1S/C25H26N2O3S/c1-30-23-15-20(25(28)29)11-13-22(23)27-31-24-14-12-21(16-26-24)19-9-7-18(8-10-19)17-5-3-2-4-6-17/h7-17,27H,2-6H2,1H3,(H,28,29). The van der Waals surface area contributed by atoms with Crippen molar-refractivity contribution in [1.29, 1.82) is 0 Å². The molecular formula is C25H26N2O3S. The molecule has 31 heavy (non-hydrogen) atoms. The zero-order valence-electron chi connectivity index (χ0n) is 17.5. The summed E-state index contributed by atoms with van der Waals surface area (Å²) in [6.45, 7) is 0. The number of nitrogens with zero attached hydrogens (tertiary/aromatic N) is 1. The van der Waals surface area contributed by atoms with E-state index in [1.807, 2.05) is 12.3 Å². The number of aromatic nitrogens is 1. The lowest BCUT2D eigenvalue weighted by Gasteiger charge is -2.22. The number of carboxylic acid groups (broad SMARTS) is 1. The van der Waals surface area contributed by atoms with Gasteiger partial charge in [-0.2, -0.15) is 0 Å². The van der Waals surface area contributed by atoms with E-state index in [2.05, 4.69) is 40.0 Å². The van der Waals surface area contributed by atoms with Gasteiger partial charge < -0.3 is 14.6 Å². The van der Waals surface area contributed by atoms with E-state index in [9.17, 15) is 4.79 Å². The monoisotopic (exact) mass is 434 g/mol. The molecule has 3 aromatic rings. The Labute approximate surface area is 187 Å². The minimum Gasteiger partial charge on any atom is -0.495 e. The molecule has 1 fully saturated rings. The van der Waals surface area contributed by atoms with Crippen molar-refractivity contribution < 1.29 is 14.6 Å². The van der Waals surface area contributed by atoms with Gasteiger partial charge in [0.15, 0.2) is 0 Å². The summed E-state index contributed by atoms with van der Waals surface area (Å²) < 4.78 is 8.48. The fourth-order valence-corrected chi connectivity index (χ4v) is 4.64. The molecule has 0 unspecified atom stereocenters. The van der Waals surface area contributed by atoms with Crippen LogP contribution in [-0.4, -0.2) is 23.2 Å². The first-order chi connectivity index (χ1) is 15.1. The Hall–Kier alpha value is -2.99. The Kier molecular flexibility index (Phi) is 6.77. The fraction of sp³-hybridized carbons (Fsp3) is 0.280. The molecular weight excluding hydrogens is 408 g/mol. The molecule has 6 heteroatoms. The predicted molar refractivity (Wildman–Crippen MR) is 125 cm³/mol. The number of rotatable bonds is 7. The van der Waals surface area contributed by atoms with Gasteiger partial charge in [0.2, 0.25) is 0 Å². The lowest BCUT2D eigenvalue weighted by Crippen LogP contribution is -2.04. The van der Waals surface area contributed by atoms with Gasteiger partial charge in [-0.3, -0.25) is 0 Å². The van der Waals surface area contributed by atoms with Gasteiger partial charge in [0.25, 0.3) is 0 Å². The molecule has 4 rings (SSSR count). The summed E-state index contributed by atoms with van der Waals surface area (Å²) in [5.41, 5.74) is 4.59. The third-order valence-corrected chi connectivity index (χ3v) is 6.54. The molecule has 1 saturated carbocycles. The van der Waals surface area contributed by atoms with Gasteiger partial charge >= 0.3 is 5.97 Å². The minimum atomic E-state index is -0.985. The van der Waals surface area contributed by atoms with Crippen LogP contribution in [0.15, 0.2) is 65.8 Å². The van der Waals surface area contributed by atoms with Crippen LogP contribution in [0.3, 0.4) is 0 Å². The quantitative estimate of drug-likeness (QED) is 0.407. The van der Waals surface area contributed by atoms with Crippen LogP contribution in [0.25, 0.3) is 11.1 Å². The average Bonchev–Trinajstić information content (AvgIpc) is 2.83.